The van der Waals surface area contributed by atoms with Gasteiger partial charge in [-0.3, -0.25) is 4.98 Å². The molecule has 0 aromatic carbocycles. The lowest BCUT2D eigenvalue weighted by Crippen LogP contribution is -2.03. The Balaban J connectivity index is 2.09. The van der Waals surface area contributed by atoms with E-state index in [9.17, 15) is 0 Å². The Kier molecular flexibility index (Phi) is 4.03. The Bertz CT molecular complexity index is 490. The van der Waals surface area contributed by atoms with Crippen molar-refractivity contribution in [2.75, 3.05) is 0 Å². The maximum absolute atomic E-state index is 5.65. The molecule has 0 aliphatic rings. The molecule has 0 saturated heterocycles. The first-order valence-electron chi connectivity index (χ1n) is 5.21. The standard InChI is InChI=1S/C12H12BrN3O/c1-9-3-4-11(10(7-13)16-9)17-8-12-14-5-2-6-15-12/h2-6H,7-8H2,1H3. The van der Waals surface area contributed by atoms with Gasteiger partial charge in [-0.1, -0.05) is 15.9 Å². The van der Waals surface area contributed by atoms with E-state index in [1.807, 2.05) is 19.1 Å². The zero-order valence-electron chi connectivity index (χ0n) is 9.43. The quantitative estimate of drug-likeness (QED) is 0.813. The number of hydrogen-bond donors (Lipinski definition) is 0. The van der Waals surface area contributed by atoms with E-state index in [1.165, 1.54) is 0 Å². The summed E-state index contributed by atoms with van der Waals surface area (Å²) in [6, 6.07) is 5.62. The lowest BCUT2D eigenvalue weighted by molar-refractivity contribution is 0.292. The molecular weight excluding hydrogens is 282 g/mol. The third kappa shape index (κ3) is 3.23. The molecule has 0 N–H and O–H groups in total. The smallest absolute Gasteiger partial charge is 0.166 e. The number of nitrogens with zero attached hydrogens (tertiary/aromatic N) is 3. The van der Waals surface area contributed by atoms with Gasteiger partial charge >= 0.3 is 0 Å². The van der Waals surface area contributed by atoms with Crippen molar-refractivity contribution in [1.29, 1.82) is 0 Å². The maximum Gasteiger partial charge on any atom is 0.166 e. The van der Waals surface area contributed by atoms with Crippen molar-refractivity contribution in [3.8, 4) is 5.75 Å². The summed E-state index contributed by atoms with van der Waals surface area (Å²) in [5.74, 6) is 1.42. The normalized spacial score (nSPS) is 10.2. The second-order valence-electron chi connectivity index (χ2n) is 3.48. The molecule has 0 amide bonds. The summed E-state index contributed by atoms with van der Waals surface area (Å²) in [6.45, 7) is 2.31. The highest BCUT2D eigenvalue weighted by Gasteiger charge is 2.05. The number of alkyl halides is 1. The van der Waals surface area contributed by atoms with Gasteiger partial charge in [0, 0.05) is 23.4 Å². The van der Waals surface area contributed by atoms with Crippen LogP contribution in [0.2, 0.25) is 0 Å². The summed E-state index contributed by atoms with van der Waals surface area (Å²) in [7, 11) is 0. The van der Waals surface area contributed by atoms with Crippen LogP contribution in [-0.2, 0) is 11.9 Å². The second-order valence-corrected chi connectivity index (χ2v) is 4.05. The van der Waals surface area contributed by atoms with Crippen LogP contribution in [-0.4, -0.2) is 15.0 Å². The minimum absolute atomic E-state index is 0.353. The number of rotatable bonds is 4. The van der Waals surface area contributed by atoms with Gasteiger partial charge in [-0.25, -0.2) is 9.97 Å². The van der Waals surface area contributed by atoms with Crippen LogP contribution < -0.4 is 4.74 Å². The lowest BCUT2D eigenvalue weighted by Gasteiger charge is -2.09. The van der Waals surface area contributed by atoms with Gasteiger partial charge in [0.25, 0.3) is 0 Å². The van der Waals surface area contributed by atoms with Crippen molar-refractivity contribution >= 4 is 15.9 Å². The highest BCUT2D eigenvalue weighted by molar-refractivity contribution is 9.08. The van der Waals surface area contributed by atoms with E-state index in [2.05, 4.69) is 30.9 Å². The third-order valence-corrected chi connectivity index (χ3v) is 2.71. The summed E-state index contributed by atoms with van der Waals surface area (Å²) in [6.07, 6.45) is 3.40. The molecule has 0 unspecified atom stereocenters. The van der Waals surface area contributed by atoms with E-state index in [1.54, 1.807) is 18.5 Å². The van der Waals surface area contributed by atoms with Crippen LogP contribution in [0.25, 0.3) is 0 Å². The van der Waals surface area contributed by atoms with Gasteiger partial charge in [-0.05, 0) is 25.1 Å². The molecule has 17 heavy (non-hydrogen) atoms. The molecule has 0 aliphatic heterocycles. The molecule has 0 spiro atoms. The average Bonchev–Trinajstić information content (AvgIpc) is 2.38. The van der Waals surface area contributed by atoms with E-state index in [0.29, 0.717) is 17.8 Å². The summed E-state index contributed by atoms with van der Waals surface area (Å²) >= 11 is 3.39. The number of aryl methyl sites for hydroxylation is 1. The number of hydrogen-bond acceptors (Lipinski definition) is 4. The summed E-state index contributed by atoms with van der Waals surface area (Å²) in [4.78, 5) is 12.6. The Morgan fingerprint density at radius 3 is 2.71 bits per heavy atom. The zero-order chi connectivity index (χ0) is 12.1. The van der Waals surface area contributed by atoms with Crippen molar-refractivity contribution in [1.82, 2.24) is 15.0 Å². The fourth-order valence-corrected chi connectivity index (χ4v) is 1.77. The van der Waals surface area contributed by atoms with Crippen LogP contribution in [0, 0.1) is 6.92 Å². The molecule has 2 aromatic heterocycles. The topological polar surface area (TPSA) is 47.9 Å². The van der Waals surface area contributed by atoms with E-state index < -0.39 is 0 Å². The van der Waals surface area contributed by atoms with E-state index in [4.69, 9.17) is 4.74 Å². The molecule has 0 saturated carbocycles. The van der Waals surface area contributed by atoms with E-state index in [0.717, 1.165) is 17.1 Å². The molecule has 0 atom stereocenters. The van der Waals surface area contributed by atoms with Crippen molar-refractivity contribution in [3.05, 3.63) is 47.8 Å². The summed E-state index contributed by atoms with van der Waals surface area (Å²) < 4.78 is 5.65. The van der Waals surface area contributed by atoms with Crippen LogP contribution in [0.3, 0.4) is 0 Å². The molecule has 2 heterocycles. The molecule has 2 aromatic rings. The maximum atomic E-state index is 5.65. The predicted molar refractivity (Wildman–Crippen MR) is 68.0 cm³/mol. The van der Waals surface area contributed by atoms with E-state index in [-0.39, 0.29) is 0 Å². The SMILES string of the molecule is Cc1ccc(OCc2ncccn2)c(CBr)n1. The van der Waals surface area contributed by atoms with Crippen LogP contribution in [0.1, 0.15) is 17.2 Å². The van der Waals surface area contributed by atoms with Crippen LogP contribution in [0.5, 0.6) is 5.75 Å². The van der Waals surface area contributed by atoms with E-state index >= 15 is 0 Å². The first-order valence-corrected chi connectivity index (χ1v) is 6.33. The molecule has 0 bridgehead atoms. The van der Waals surface area contributed by atoms with Gasteiger partial charge in [0.1, 0.15) is 12.4 Å². The predicted octanol–water partition coefficient (Wildman–Crippen LogP) is 2.65. The molecule has 4 nitrogen and oxygen atoms in total. The van der Waals surface area contributed by atoms with Crippen LogP contribution >= 0.6 is 15.9 Å². The largest absolute Gasteiger partial charge is 0.484 e. The van der Waals surface area contributed by atoms with Gasteiger partial charge in [0.05, 0.1) is 5.69 Å². The molecule has 88 valence electrons. The fourth-order valence-electron chi connectivity index (χ4n) is 1.37. The Hall–Kier alpha value is -1.49. The Morgan fingerprint density at radius 2 is 2.00 bits per heavy atom. The van der Waals surface area contributed by atoms with Crippen molar-refractivity contribution in [2.45, 2.75) is 18.9 Å². The zero-order valence-corrected chi connectivity index (χ0v) is 11.0. The number of ether oxygens (including phenoxy) is 1. The average molecular weight is 294 g/mol. The van der Waals surface area contributed by atoms with Gasteiger partial charge < -0.3 is 4.74 Å². The van der Waals surface area contributed by atoms with Gasteiger partial charge in [0.15, 0.2) is 5.82 Å². The first kappa shape index (κ1) is 12.0. The minimum atomic E-state index is 0.353. The van der Waals surface area contributed by atoms with Gasteiger partial charge in [-0.2, -0.15) is 0 Å². The Morgan fingerprint density at radius 1 is 1.24 bits per heavy atom. The summed E-state index contributed by atoms with van der Waals surface area (Å²) in [5, 5.41) is 0.666. The third-order valence-electron chi connectivity index (χ3n) is 2.17. The van der Waals surface area contributed by atoms with Crippen LogP contribution in [0.15, 0.2) is 30.6 Å². The Labute approximate surface area is 108 Å². The molecule has 0 radical (unpaired) electrons. The highest BCUT2D eigenvalue weighted by Crippen LogP contribution is 2.20. The molecule has 5 heteroatoms. The molecular formula is C12H12BrN3O. The summed E-state index contributed by atoms with van der Waals surface area (Å²) in [5.41, 5.74) is 1.86. The molecule has 0 aliphatic carbocycles. The number of aromatic nitrogens is 3. The second kappa shape index (κ2) is 5.72. The van der Waals surface area contributed by atoms with Gasteiger partial charge in [-0.15, -0.1) is 0 Å². The first-order chi connectivity index (χ1) is 8.29. The van der Waals surface area contributed by atoms with Crippen molar-refractivity contribution < 1.29 is 4.74 Å². The van der Waals surface area contributed by atoms with Crippen molar-refractivity contribution in [3.63, 3.8) is 0 Å². The minimum Gasteiger partial charge on any atom is -0.484 e. The highest BCUT2D eigenvalue weighted by atomic mass is 79.9. The number of halogens is 1. The van der Waals surface area contributed by atoms with Gasteiger partial charge in [0.2, 0.25) is 0 Å². The fraction of sp³-hybridized carbons (Fsp3) is 0.250. The van der Waals surface area contributed by atoms with Crippen molar-refractivity contribution in [2.24, 2.45) is 0 Å². The molecule has 0 fully saturated rings. The lowest BCUT2D eigenvalue weighted by atomic mass is 10.3. The number of pyridine rings is 1. The van der Waals surface area contributed by atoms with Crippen LogP contribution in [0.4, 0.5) is 0 Å². The molecule has 2 rings (SSSR count). The monoisotopic (exact) mass is 293 g/mol.